The average molecular weight is 130 g/mol. The van der Waals surface area contributed by atoms with Crippen LogP contribution in [-0.4, -0.2) is 25.5 Å². The van der Waals surface area contributed by atoms with Gasteiger partial charge in [-0.25, -0.2) is 0 Å². The van der Waals surface area contributed by atoms with E-state index in [1.165, 1.54) is 0 Å². The van der Waals surface area contributed by atoms with Crippen LogP contribution >= 0.6 is 0 Å². The summed E-state index contributed by atoms with van der Waals surface area (Å²) in [5, 5.41) is 5.86. The minimum Gasteiger partial charge on any atom is -0.308 e. The van der Waals surface area contributed by atoms with Gasteiger partial charge in [-0.05, 0) is 20.9 Å². The number of rotatable bonds is 4. The van der Waals surface area contributed by atoms with Crippen molar-refractivity contribution in [2.24, 2.45) is 0 Å². The SMILES string of the molecule is CNCN[C@@H](C)C(C)=O. The molecule has 0 heterocycles. The third-order valence-electron chi connectivity index (χ3n) is 1.19. The molecule has 0 aliphatic heterocycles. The van der Waals surface area contributed by atoms with Crippen LogP contribution in [0.15, 0.2) is 0 Å². The van der Waals surface area contributed by atoms with Crippen LogP contribution in [0.3, 0.4) is 0 Å². The van der Waals surface area contributed by atoms with E-state index in [0.717, 1.165) is 0 Å². The molecule has 0 aromatic heterocycles. The van der Waals surface area contributed by atoms with Crippen molar-refractivity contribution in [1.29, 1.82) is 0 Å². The van der Waals surface area contributed by atoms with E-state index in [1.54, 1.807) is 6.92 Å². The van der Waals surface area contributed by atoms with Crippen molar-refractivity contribution >= 4 is 5.78 Å². The molecule has 0 amide bonds. The third-order valence-corrected chi connectivity index (χ3v) is 1.19. The van der Waals surface area contributed by atoms with E-state index in [2.05, 4.69) is 10.6 Å². The fourth-order valence-electron chi connectivity index (χ4n) is 0.399. The Morgan fingerprint density at radius 2 is 2.22 bits per heavy atom. The van der Waals surface area contributed by atoms with Gasteiger partial charge in [0.2, 0.25) is 0 Å². The first-order valence-electron chi connectivity index (χ1n) is 3.07. The highest BCUT2D eigenvalue weighted by Gasteiger charge is 2.03. The highest BCUT2D eigenvalue weighted by molar-refractivity contribution is 5.80. The fourth-order valence-corrected chi connectivity index (χ4v) is 0.399. The molecular weight excluding hydrogens is 116 g/mol. The van der Waals surface area contributed by atoms with Crippen LogP contribution in [0.25, 0.3) is 0 Å². The number of carbonyl (C=O) groups is 1. The summed E-state index contributed by atoms with van der Waals surface area (Å²) in [6.07, 6.45) is 0. The summed E-state index contributed by atoms with van der Waals surface area (Å²) < 4.78 is 0. The number of Topliss-reactive ketones (excluding diaryl/α,β-unsaturated/α-hetero) is 1. The van der Waals surface area contributed by atoms with E-state index >= 15 is 0 Å². The number of carbonyl (C=O) groups excluding carboxylic acids is 1. The lowest BCUT2D eigenvalue weighted by Gasteiger charge is -2.08. The molecule has 0 aliphatic rings. The van der Waals surface area contributed by atoms with Gasteiger partial charge < -0.3 is 5.32 Å². The largest absolute Gasteiger partial charge is 0.308 e. The highest BCUT2D eigenvalue weighted by Crippen LogP contribution is 1.79. The quantitative estimate of drug-likeness (QED) is 0.515. The van der Waals surface area contributed by atoms with E-state index < -0.39 is 0 Å². The summed E-state index contributed by atoms with van der Waals surface area (Å²) >= 11 is 0. The molecule has 0 aromatic rings. The van der Waals surface area contributed by atoms with Crippen molar-refractivity contribution in [3.63, 3.8) is 0 Å². The average Bonchev–Trinajstić information content (AvgIpc) is 1.82. The monoisotopic (exact) mass is 130 g/mol. The van der Waals surface area contributed by atoms with E-state index in [-0.39, 0.29) is 11.8 Å². The standard InChI is InChI=1S/C6H14N2O/c1-5(6(2)9)8-4-7-3/h5,7-8H,4H2,1-3H3/t5-/m0/s1. The topological polar surface area (TPSA) is 41.1 Å². The van der Waals surface area contributed by atoms with Crippen molar-refractivity contribution in [3.05, 3.63) is 0 Å². The second-order valence-corrected chi connectivity index (χ2v) is 2.07. The molecule has 3 heteroatoms. The second kappa shape index (κ2) is 4.47. The molecule has 54 valence electrons. The maximum absolute atomic E-state index is 10.6. The Bertz CT molecular complexity index is 93.1. The summed E-state index contributed by atoms with van der Waals surface area (Å²) in [5.41, 5.74) is 0. The number of ketones is 1. The van der Waals surface area contributed by atoms with Crippen LogP contribution in [0.5, 0.6) is 0 Å². The van der Waals surface area contributed by atoms with Gasteiger partial charge in [0.05, 0.1) is 6.04 Å². The zero-order valence-electron chi connectivity index (χ0n) is 6.19. The van der Waals surface area contributed by atoms with E-state index in [4.69, 9.17) is 0 Å². The predicted molar refractivity (Wildman–Crippen MR) is 37.2 cm³/mol. The van der Waals surface area contributed by atoms with Gasteiger partial charge in [-0.1, -0.05) is 0 Å². The van der Waals surface area contributed by atoms with Crippen molar-refractivity contribution in [1.82, 2.24) is 10.6 Å². The van der Waals surface area contributed by atoms with Gasteiger partial charge in [0.1, 0.15) is 5.78 Å². The van der Waals surface area contributed by atoms with Gasteiger partial charge >= 0.3 is 0 Å². The van der Waals surface area contributed by atoms with Crippen molar-refractivity contribution < 1.29 is 4.79 Å². The smallest absolute Gasteiger partial charge is 0.146 e. The molecule has 0 rings (SSSR count). The first-order chi connectivity index (χ1) is 4.18. The van der Waals surface area contributed by atoms with Gasteiger partial charge in [0.25, 0.3) is 0 Å². The number of hydrogen-bond donors (Lipinski definition) is 2. The fraction of sp³-hybridized carbons (Fsp3) is 0.833. The van der Waals surface area contributed by atoms with Crippen molar-refractivity contribution in [3.8, 4) is 0 Å². The lowest BCUT2D eigenvalue weighted by Crippen LogP contribution is -2.37. The van der Waals surface area contributed by atoms with E-state index in [1.807, 2.05) is 14.0 Å². The van der Waals surface area contributed by atoms with E-state index in [9.17, 15) is 4.79 Å². The molecule has 0 aliphatic carbocycles. The van der Waals surface area contributed by atoms with Crippen molar-refractivity contribution in [2.45, 2.75) is 19.9 Å². The highest BCUT2D eigenvalue weighted by atomic mass is 16.1. The van der Waals surface area contributed by atoms with Crippen LogP contribution < -0.4 is 10.6 Å². The second-order valence-electron chi connectivity index (χ2n) is 2.07. The molecule has 0 radical (unpaired) electrons. The summed E-state index contributed by atoms with van der Waals surface area (Å²) in [7, 11) is 1.83. The molecule has 0 fully saturated rings. The third kappa shape index (κ3) is 4.12. The molecular formula is C6H14N2O. The first-order valence-corrected chi connectivity index (χ1v) is 3.07. The Morgan fingerprint density at radius 1 is 1.67 bits per heavy atom. The molecule has 0 aromatic carbocycles. The Labute approximate surface area is 55.8 Å². The molecule has 1 atom stereocenters. The molecule has 0 bridgehead atoms. The zero-order chi connectivity index (χ0) is 7.28. The summed E-state index contributed by atoms with van der Waals surface area (Å²) in [4.78, 5) is 10.6. The van der Waals surface area contributed by atoms with Gasteiger partial charge in [-0.2, -0.15) is 0 Å². The van der Waals surface area contributed by atoms with Crippen LogP contribution in [0.2, 0.25) is 0 Å². The number of nitrogens with one attached hydrogen (secondary N) is 2. The normalized spacial score (nSPS) is 13.2. The van der Waals surface area contributed by atoms with Gasteiger partial charge in [-0.15, -0.1) is 0 Å². The molecule has 9 heavy (non-hydrogen) atoms. The Balaban J connectivity index is 3.27. The lowest BCUT2D eigenvalue weighted by atomic mass is 10.2. The zero-order valence-corrected chi connectivity index (χ0v) is 6.19. The number of hydrogen-bond acceptors (Lipinski definition) is 3. The summed E-state index contributed by atoms with van der Waals surface area (Å²) in [6.45, 7) is 4.10. The Hall–Kier alpha value is -0.410. The summed E-state index contributed by atoms with van der Waals surface area (Å²) in [5.74, 6) is 0.172. The van der Waals surface area contributed by atoms with Crippen LogP contribution in [0, 0.1) is 0 Å². The molecule has 0 spiro atoms. The predicted octanol–water partition coefficient (Wildman–Crippen LogP) is -0.270. The maximum Gasteiger partial charge on any atom is 0.146 e. The molecule has 2 N–H and O–H groups in total. The van der Waals surface area contributed by atoms with E-state index in [0.29, 0.717) is 6.67 Å². The van der Waals surface area contributed by atoms with Gasteiger partial charge in [0.15, 0.2) is 0 Å². The van der Waals surface area contributed by atoms with Gasteiger partial charge in [0, 0.05) is 6.67 Å². The molecule has 3 nitrogen and oxygen atoms in total. The maximum atomic E-state index is 10.6. The molecule has 0 saturated heterocycles. The minimum absolute atomic E-state index is 0.0301. The van der Waals surface area contributed by atoms with Crippen LogP contribution in [0.4, 0.5) is 0 Å². The van der Waals surface area contributed by atoms with Crippen molar-refractivity contribution in [2.75, 3.05) is 13.7 Å². The molecule has 0 unspecified atom stereocenters. The molecule has 0 saturated carbocycles. The summed E-state index contributed by atoms with van der Waals surface area (Å²) in [6, 6.07) is -0.0301. The minimum atomic E-state index is -0.0301. The van der Waals surface area contributed by atoms with Gasteiger partial charge in [-0.3, -0.25) is 10.1 Å². The lowest BCUT2D eigenvalue weighted by molar-refractivity contribution is -0.118. The Kier molecular flexibility index (Phi) is 4.26. The Morgan fingerprint density at radius 3 is 2.56 bits per heavy atom. The van der Waals surface area contributed by atoms with Crippen LogP contribution in [-0.2, 0) is 4.79 Å². The first kappa shape index (κ1) is 8.59. The van der Waals surface area contributed by atoms with Crippen LogP contribution in [0.1, 0.15) is 13.8 Å².